The smallest absolute Gasteiger partial charge is 0.224 e. The molecule has 2 aromatic heterocycles. The Hall–Kier alpha value is -1.67. The normalized spacial score (nSPS) is 15.8. The van der Waals surface area contributed by atoms with Gasteiger partial charge >= 0.3 is 0 Å². The molecule has 1 N–H and O–H groups in total. The highest BCUT2D eigenvalue weighted by Gasteiger charge is 2.18. The first-order valence-corrected chi connectivity index (χ1v) is 7.46. The predicted molar refractivity (Wildman–Crippen MR) is 80.6 cm³/mol. The van der Waals surface area contributed by atoms with Crippen molar-refractivity contribution in [1.29, 1.82) is 0 Å². The summed E-state index contributed by atoms with van der Waals surface area (Å²) in [5.41, 5.74) is 2.80. The van der Waals surface area contributed by atoms with Crippen LogP contribution in [0.25, 0.3) is 11.2 Å². The van der Waals surface area contributed by atoms with Crippen LogP contribution in [0.4, 0.5) is 0 Å². The topological polar surface area (TPSA) is 68.1 Å². The first-order valence-electron chi connectivity index (χ1n) is 7.05. The van der Waals surface area contributed by atoms with Gasteiger partial charge in [0.2, 0.25) is 5.91 Å². The molecule has 1 amide bonds. The van der Waals surface area contributed by atoms with E-state index in [-0.39, 0.29) is 5.91 Å². The third kappa shape index (κ3) is 2.60. The SMILES string of the molecule is Cc1nn(C)c2c1[nH]c(=S)n2CCC(=O)N1CCOCC1. The van der Waals surface area contributed by atoms with Gasteiger partial charge in [0.05, 0.1) is 18.9 Å². The molecule has 0 aromatic carbocycles. The summed E-state index contributed by atoms with van der Waals surface area (Å²) in [5, 5.41) is 4.38. The number of morpholine rings is 1. The largest absolute Gasteiger partial charge is 0.378 e. The lowest BCUT2D eigenvalue weighted by molar-refractivity contribution is -0.135. The third-order valence-electron chi connectivity index (χ3n) is 3.84. The van der Waals surface area contributed by atoms with Gasteiger partial charge in [0.25, 0.3) is 0 Å². The van der Waals surface area contributed by atoms with E-state index in [1.165, 1.54) is 0 Å². The number of aromatic amines is 1. The van der Waals surface area contributed by atoms with Crippen molar-refractivity contribution in [3.05, 3.63) is 10.5 Å². The van der Waals surface area contributed by atoms with Crippen LogP contribution in [-0.4, -0.2) is 56.4 Å². The molecule has 0 saturated carbocycles. The second-order valence-electron chi connectivity index (χ2n) is 5.23. The number of aryl methyl sites for hydroxylation is 3. The molecule has 0 spiro atoms. The number of nitrogens with one attached hydrogen (secondary N) is 1. The Balaban J connectivity index is 1.77. The predicted octanol–water partition coefficient (Wildman–Crippen LogP) is 0.990. The van der Waals surface area contributed by atoms with Crippen LogP contribution in [0.15, 0.2) is 0 Å². The number of carbonyl (C=O) groups is 1. The highest BCUT2D eigenvalue weighted by atomic mass is 32.1. The Morgan fingerprint density at radius 3 is 2.86 bits per heavy atom. The van der Waals surface area contributed by atoms with Crippen molar-refractivity contribution in [2.24, 2.45) is 7.05 Å². The summed E-state index contributed by atoms with van der Waals surface area (Å²) in [6.45, 7) is 5.11. The van der Waals surface area contributed by atoms with Gasteiger partial charge in [0.1, 0.15) is 5.52 Å². The van der Waals surface area contributed by atoms with Gasteiger partial charge in [-0.15, -0.1) is 0 Å². The highest BCUT2D eigenvalue weighted by molar-refractivity contribution is 7.71. The van der Waals surface area contributed by atoms with E-state index in [1.54, 1.807) is 4.68 Å². The minimum atomic E-state index is 0.147. The number of carbonyl (C=O) groups excluding carboxylic acids is 1. The Bertz CT molecular complexity index is 723. The van der Waals surface area contributed by atoms with E-state index in [0.29, 0.717) is 44.0 Å². The van der Waals surface area contributed by atoms with Crippen molar-refractivity contribution in [2.45, 2.75) is 19.9 Å². The average molecular weight is 309 g/mol. The average Bonchev–Trinajstić information content (AvgIpc) is 2.95. The molecule has 3 rings (SSSR count). The molecule has 8 heteroatoms. The molecule has 1 fully saturated rings. The van der Waals surface area contributed by atoms with E-state index in [9.17, 15) is 4.79 Å². The number of H-pyrrole nitrogens is 1. The number of nitrogens with zero attached hydrogens (tertiary/aromatic N) is 4. The molecule has 1 saturated heterocycles. The van der Waals surface area contributed by atoms with Crippen molar-refractivity contribution in [1.82, 2.24) is 24.2 Å². The number of aromatic nitrogens is 4. The number of rotatable bonds is 3. The first-order chi connectivity index (χ1) is 10.1. The van der Waals surface area contributed by atoms with Crippen LogP contribution in [-0.2, 0) is 23.1 Å². The fourth-order valence-electron chi connectivity index (χ4n) is 2.76. The van der Waals surface area contributed by atoms with Crippen molar-refractivity contribution in [3.8, 4) is 0 Å². The summed E-state index contributed by atoms with van der Waals surface area (Å²) in [7, 11) is 1.89. The lowest BCUT2D eigenvalue weighted by atomic mass is 10.3. The molecule has 1 aliphatic rings. The summed E-state index contributed by atoms with van der Waals surface area (Å²) in [4.78, 5) is 17.2. The van der Waals surface area contributed by atoms with E-state index in [2.05, 4.69) is 10.1 Å². The van der Waals surface area contributed by atoms with Gasteiger partial charge in [-0.3, -0.25) is 9.48 Å². The summed E-state index contributed by atoms with van der Waals surface area (Å²) in [6.07, 6.45) is 0.436. The Kier molecular flexibility index (Phi) is 3.81. The molecule has 114 valence electrons. The van der Waals surface area contributed by atoms with Crippen LogP contribution < -0.4 is 0 Å². The summed E-state index contributed by atoms with van der Waals surface area (Å²) in [6, 6.07) is 0. The lowest BCUT2D eigenvalue weighted by Crippen LogP contribution is -2.41. The Morgan fingerprint density at radius 2 is 2.14 bits per heavy atom. The third-order valence-corrected chi connectivity index (χ3v) is 4.16. The molecule has 0 radical (unpaired) electrons. The summed E-state index contributed by atoms with van der Waals surface area (Å²) < 4.78 is 9.65. The maximum absolute atomic E-state index is 12.2. The Labute approximate surface area is 127 Å². The molecule has 7 nitrogen and oxygen atoms in total. The zero-order chi connectivity index (χ0) is 15.0. The standard InChI is InChI=1S/C13H19N5O2S/c1-9-11-12(16(2)15-9)18(13(21)14-11)4-3-10(19)17-5-7-20-8-6-17/h3-8H2,1-2H3,(H,14,21). The highest BCUT2D eigenvalue weighted by Crippen LogP contribution is 2.17. The van der Waals surface area contributed by atoms with Crippen molar-refractivity contribution in [2.75, 3.05) is 26.3 Å². The van der Waals surface area contributed by atoms with Gasteiger partial charge in [-0.2, -0.15) is 5.10 Å². The molecular formula is C13H19N5O2S. The van der Waals surface area contributed by atoms with Gasteiger partial charge in [-0.05, 0) is 19.1 Å². The van der Waals surface area contributed by atoms with Gasteiger partial charge in [-0.25, -0.2) is 0 Å². The maximum Gasteiger partial charge on any atom is 0.224 e. The number of ether oxygens (including phenoxy) is 1. The second kappa shape index (κ2) is 5.61. The van der Waals surface area contributed by atoms with Gasteiger partial charge in [-0.1, -0.05) is 0 Å². The molecule has 0 unspecified atom stereocenters. The van der Waals surface area contributed by atoms with Crippen molar-refractivity contribution in [3.63, 3.8) is 0 Å². The fraction of sp³-hybridized carbons (Fsp3) is 0.615. The molecule has 0 atom stereocenters. The van der Waals surface area contributed by atoms with Crippen LogP contribution in [0.3, 0.4) is 0 Å². The van der Waals surface area contributed by atoms with Gasteiger partial charge < -0.3 is 19.2 Å². The quantitative estimate of drug-likeness (QED) is 0.859. The zero-order valence-corrected chi connectivity index (χ0v) is 13.1. The van der Waals surface area contributed by atoms with Crippen molar-refractivity contribution >= 4 is 29.3 Å². The van der Waals surface area contributed by atoms with E-state index in [4.69, 9.17) is 17.0 Å². The van der Waals surface area contributed by atoms with Crippen LogP contribution in [0.1, 0.15) is 12.1 Å². The van der Waals surface area contributed by atoms with E-state index in [0.717, 1.165) is 16.9 Å². The van der Waals surface area contributed by atoms with E-state index >= 15 is 0 Å². The first kappa shape index (κ1) is 14.3. The summed E-state index contributed by atoms with van der Waals surface area (Å²) in [5.74, 6) is 0.147. The molecule has 0 aliphatic carbocycles. The number of fused-ring (bicyclic) bond motifs is 1. The molecule has 21 heavy (non-hydrogen) atoms. The molecule has 1 aliphatic heterocycles. The monoisotopic (exact) mass is 309 g/mol. The minimum absolute atomic E-state index is 0.147. The number of hydrogen-bond donors (Lipinski definition) is 1. The minimum Gasteiger partial charge on any atom is -0.378 e. The van der Waals surface area contributed by atoms with E-state index in [1.807, 2.05) is 23.4 Å². The zero-order valence-electron chi connectivity index (χ0n) is 12.3. The lowest BCUT2D eigenvalue weighted by Gasteiger charge is -2.26. The van der Waals surface area contributed by atoms with Gasteiger partial charge in [0.15, 0.2) is 10.4 Å². The number of imidazole rings is 1. The van der Waals surface area contributed by atoms with Crippen LogP contribution >= 0.6 is 12.2 Å². The van der Waals surface area contributed by atoms with Gasteiger partial charge in [0, 0.05) is 33.1 Å². The Morgan fingerprint density at radius 1 is 1.43 bits per heavy atom. The molecular weight excluding hydrogens is 290 g/mol. The second-order valence-corrected chi connectivity index (χ2v) is 5.62. The van der Waals surface area contributed by atoms with Crippen LogP contribution in [0.2, 0.25) is 0 Å². The fourth-order valence-corrected chi connectivity index (χ4v) is 3.04. The molecule has 3 heterocycles. The van der Waals surface area contributed by atoms with Crippen LogP contribution in [0, 0.1) is 11.7 Å². The van der Waals surface area contributed by atoms with Crippen LogP contribution in [0.5, 0.6) is 0 Å². The van der Waals surface area contributed by atoms with Crippen molar-refractivity contribution < 1.29 is 9.53 Å². The van der Waals surface area contributed by atoms with E-state index < -0.39 is 0 Å². The maximum atomic E-state index is 12.2. The summed E-state index contributed by atoms with van der Waals surface area (Å²) >= 11 is 5.36. The number of hydrogen-bond acceptors (Lipinski definition) is 4. The molecule has 0 bridgehead atoms. The number of amides is 1. The molecule has 2 aromatic rings.